The lowest BCUT2D eigenvalue weighted by Crippen LogP contribution is -2.43. The summed E-state index contributed by atoms with van der Waals surface area (Å²) in [4.78, 5) is 0. The molecule has 0 spiro atoms. The van der Waals surface area contributed by atoms with Gasteiger partial charge in [0.25, 0.3) is 0 Å². The van der Waals surface area contributed by atoms with Gasteiger partial charge in [-0.1, -0.05) is 34.6 Å². The van der Waals surface area contributed by atoms with Crippen molar-refractivity contribution in [2.24, 2.45) is 11.3 Å². The summed E-state index contributed by atoms with van der Waals surface area (Å²) in [6.45, 7) is 11.3. The van der Waals surface area contributed by atoms with Crippen LogP contribution in [0.3, 0.4) is 0 Å². The smallest absolute Gasteiger partial charge is 0.338 e. The lowest BCUT2D eigenvalue weighted by Gasteiger charge is -2.33. The third-order valence-electron chi connectivity index (χ3n) is 2.65. The van der Waals surface area contributed by atoms with Gasteiger partial charge in [0.1, 0.15) is 0 Å². The van der Waals surface area contributed by atoms with Crippen LogP contribution in [0.5, 0.6) is 0 Å². The van der Waals surface area contributed by atoms with Gasteiger partial charge in [-0.15, -0.1) is 0 Å². The van der Waals surface area contributed by atoms with E-state index in [1.165, 1.54) is 6.42 Å². The second kappa shape index (κ2) is 6.02. The van der Waals surface area contributed by atoms with E-state index in [0.29, 0.717) is 0 Å². The summed E-state index contributed by atoms with van der Waals surface area (Å²) >= 11 is 0. The minimum Gasteiger partial charge on any atom is -0.398 e. The Morgan fingerprint density at radius 1 is 1.07 bits per heavy atom. The van der Waals surface area contributed by atoms with Gasteiger partial charge in [0.15, 0.2) is 0 Å². The second-order valence-corrected chi connectivity index (χ2v) is 9.48. The van der Waals surface area contributed by atoms with Crippen LogP contribution >= 0.6 is 0 Å². The predicted molar refractivity (Wildman–Crippen MR) is 68.3 cm³/mol. The Morgan fingerprint density at radius 3 is 1.80 bits per heavy atom. The fourth-order valence-corrected chi connectivity index (χ4v) is 5.51. The fourth-order valence-electron chi connectivity index (χ4n) is 1.84. The summed E-state index contributed by atoms with van der Waals surface area (Å²) in [5.74, 6) is 0.724. The lowest BCUT2D eigenvalue weighted by molar-refractivity contribution is 0.221. The lowest BCUT2D eigenvalue weighted by atomic mass is 10.0. The van der Waals surface area contributed by atoms with E-state index in [4.69, 9.17) is 8.85 Å². The molecule has 2 nitrogen and oxygen atoms in total. The van der Waals surface area contributed by atoms with E-state index in [2.05, 4.69) is 34.6 Å². The van der Waals surface area contributed by atoms with Crippen molar-refractivity contribution in [1.82, 2.24) is 0 Å². The zero-order valence-corrected chi connectivity index (χ0v) is 12.5. The zero-order valence-electron chi connectivity index (χ0n) is 11.5. The molecule has 0 bridgehead atoms. The van der Waals surface area contributed by atoms with E-state index in [1.54, 1.807) is 0 Å². The maximum atomic E-state index is 5.73. The molecular formula is C12H28O2Si. The van der Waals surface area contributed by atoms with Gasteiger partial charge in [0.05, 0.1) is 0 Å². The Hall–Kier alpha value is 0.137. The van der Waals surface area contributed by atoms with Crippen molar-refractivity contribution in [1.29, 1.82) is 0 Å². The van der Waals surface area contributed by atoms with Crippen molar-refractivity contribution in [2.75, 3.05) is 14.2 Å². The van der Waals surface area contributed by atoms with Gasteiger partial charge in [-0.2, -0.15) is 0 Å². The first-order valence-electron chi connectivity index (χ1n) is 5.85. The first-order valence-corrected chi connectivity index (χ1v) is 8.08. The summed E-state index contributed by atoms with van der Waals surface area (Å²) < 4.78 is 11.5. The highest BCUT2D eigenvalue weighted by Gasteiger charge is 2.39. The van der Waals surface area contributed by atoms with Crippen LogP contribution in [0.1, 0.15) is 41.0 Å². The standard InChI is InChI=1S/C12H28O2Si/c1-11(2)8-9-15(13-6,14-7)10-12(3,4)5/h11H,8-10H2,1-7H3. The number of hydrogen-bond donors (Lipinski definition) is 0. The van der Waals surface area contributed by atoms with Crippen molar-refractivity contribution in [3.8, 4) is 0 Å². The van der Waals surface area contributed by atoms with Crippen LogP contribution in [0.25, 0.3) is 0 Å². The summed E-state index contributed by atoms with van der Waals surface area (Å²) in [6.07, 6.45) is 1.20. The van der Waals surface area contributed by atoms with E-state index in [9.17, 15) is 0 Å². The minimum absolute atomic E-state index is 0.287. The Balaban J connectivity index is 4.44. The van der Waals surface area contributed by atoms with Gasteiger partial charge in [-0.05, 0) is 29.8 Å². The second-order valence-electron chi connectivity index (χ2n) is 5.99. The van der Waals surface area contributed by atoms with E-state index < -0.39 is 8.56 Å². The molecule has 0 aromatic heterocycles. The molecule has 0 aliphatic carbocycles. The maximum absolute atomic E-state index is 5.73. The van der Waals surface area contributed by atoms with Gasteiger partial charge in [-0.3, -0.25) is 0 Å². The average molecular weight is 232 g/mol. The van der Waals surface area contributed by atoms with Crippen molar-refractivity contribution in [2.45, 2.75) is 53.1 Å². The largest absolute Gasteiger partial charge is 0.398 e. The molecule has 0 aliphatic rings. The molecule has 0 aromatic rings. The maximum Gasteiger partial charge on any atom is 0.338 e. The van der Waals surface area contributed by atoms with Gasteiger partial charge in [0.2, 0.25) is 0 Å². The monoisotopic (exact) mass is 232 g/mol. The zero-order chi connectivity index (χ0) is 12.1. The van der Waals surface area contributed by atoms with Crippen LogP contribution in [0.4, 0.5) is 0 Å². The Morgan fingerprint density at radius 2 is 1.53 bits per heavy atom. The fraction of sp³-hybridized carbons (Fsp3) is 1.00. The molecule has 0 amide bonds. The third kappa shape index (κ3) is 6.33. The molecule has 0 rings (SSSR count). The van der Waals surface area contributed by atoms with Gasteiger partial charge in [0, 0.05) is 14.2 Å². The third-order valence-corrected chi connectivity index (χ3v) is 6.78. The molecule has 15 heavy (non-hydrogen) atoms. The summed E-state index contributed by atoms with van der Waals surface area (Å²) in [5.41, 5.74) is 0.287. The van der Waals surface area contributed by atoms with Gasteiger partial charge in [-0.25, -0.2) is 0 Å². The van der Waals surface area contributed by atoms with Crippen LogP contribution in [0, 0.1) is 11.3 Å². The van der Waals surface area contributed by atoms with Crippen molar-refractivity contribution < 1.29 is 8.85 Å². The van der Waals surface area contributed by atoms with Crippen LogP contribution in [-0.2, 0) is 8.85 Å². The van der Waals surface area contributed by atoms with E-state index in [1.807, 2.05) is 14.2 Å². The molecule has 0 saturated heterocycles. The average Bonchev–Trinajstić information content (AvgIpc) is 2.10. The summed E-state index contributed by atoms with van der Waals surface area (Å²) in [7, 11) is 1.67. The first-order chi connectivity index (χ1) is 6.74. The van der Waals surface area contributed by atoms with E-state index in [-0.39, 0.29) is 5.41 Å². The van der Waals surface area contributed by atoms with Gasteiger partial charge < -0.3 is 8.85 Å². The summed E-state index contributed by atoms with van der Waals surface area (Å²) in [6, 6.07) is 2.18. The van der Waals surface area contributed by atoms with Crippen molar-refractivity contribution in [3.05, 3.63) is 0 Å². The van der Waals surface area contributed by atoms with Crippen molar-refractivity contribution in [3.63, 3.8) is 0 Å². The van der Waals surface area contributed by atoms with Crippen LogP contribution in [0.2, 0.25) is 12.1 Å². The molecule has 0 saturated carbocycles. The molecule has 92 valence electrons. The Labute approximate surface area is 96.6 Å². The number of rotatable bonds is 6. The molecule has 0 aliphatic heterocycles. The SMILES string of the molecule is CO[Si](CCC(C)C)(CC(C)(C)C)OC. The van der Waals surface area contributed by atoms with E-state index >= 15 is 0 Å². The highest BCUT2D eigenvalue weighted by molar-refractivity contribution is 6.67. The molecule has 3 heteroatoms. The van der Waals surface area contributed by atoms with Gasteiger partial charge >= 0.3 is 8.56 Å². The van der Waals surface area contributed by atoms with Crippen LogP contribution in [-0.4, -0.2) is 22.8 Å². The predicted octanol–water partition coefficient (Wildman–Crippen LogP) is 3.81. The number of hydrogen-bond acceptors (Lipinski definition) is 2. The topological polar surface area (TPSA) is 18.5 Å². The molecule has 0 aromatic carbocycles. The molecular weight excluding hydrogens is 204 g/mol. The normalized spacial score (nSPS) is 13.6. The molecule has 0 heterocycles. The highest BCUT2D eigenvalue weighted by atomic mass is 28.4. The quantitative estimate of drug-likeness (QED) is 0.648. The van der Waals surface area contributed by atoms with Crippen LogP contribution in [0.15, 0.2) is 0 Å². The molecule has 0 radical (unpaired) electrons. The molecule has 0 N–H and O–H groups in total. The highest BCUT2D eigenvalue weighted by Crippen LogP contribution is 2.32. The first kappa shape index (κ1) is 15.1. The minimum atomic E-state index is -1.94. The van der Waals surface area contributed by atoms with E-state index in [0.717, 1.165) is 18.0 Å². The molecule has 0 atom stereocenters. The molecule has 0 unspecified atom stereocenters. The Bertz CT molecular complexity index is 169. The Kier molecular flexibility index (Phi) is 6.07. The summed E-state index contributed by atoms with van der Waals surface area (Å²) in [5, 5.41) is 0. The van der Waals surface area contributed by atoms with Crippen LogP contribution < -0.4 is 0 Å². The van der Waals surface area contributed by atoms with Crippen molar-refractivity contribution >= 4 is 8.56 Å². The molecule has 0 fully saturated rings.